The third-order valence-corrected chi connectivity index (χ3v) is 3.51. The van der Waals surface area contributed by atoms with Crippen LogP contribution in [0.1, 0.15) is 0 Å². The fourth-order valence-corrected chi connectivity index (χ4v) is 2.96. The fraction of sp³-hybridized carbons (Fsp3) is 0. The zero-order valence-electron chi connectivity index (χ0n) is 6.74. The maximum Gasteiger partial charge on any atom is 0.230 e. The molecule has 6 heteroatoms. The molecule has 0 N–H and O–H groups in total. The zero-order chi connectivity index (χ0) is 9.71. The van der Waals surface area contributed by atoms with E-state index in [9.17, 15) is 0 Å². The standard InChI is InChI=1S/C8H3Cl2N3S/c9-4-2-1-3-5-6(4)13-7(10)11-12-8(13)14-5/h1-3H. The van der Waals surface area contributed by atoms with Crippen LogP contribution in [0.25, 0.3) is 15.2 Å². The van der Waals surface area contributed by atoms with Crippen LogP contribution >= 0.6 is 34.5 Å². The summed E-state index contributed by atoms with van der Waals surface area (Å²) in [6.07, 6.45) is 0. The Morgan fingerprint density at radius 1 is 1.21 bits per heavy atom. The van der Waals surface area contributed by atoms with Crippen LogP contribution in [0.4, 0.5) is 0 Å². The number of hydrogen-bond acceptors (Lipinski definition) is 3. The SMILES string of the molecule is Clc1cccc2sc3nnc(Cl)n3c12. The van der Waals surface area contributed by atoms with Crippen molar-refractivity contribution in [3.8, 4) is 0 Å². The molecule has 3 rings (SSSR count). The van der Waals surface area contributed by atoms with Crippen molar-refractivity contribution < 1.29 is 0 Å². The Bertz CT molecular complexity index is 628. The maximum absolute atomic E-state index is 6.08. The number of aromatic nitrogens is 3. The van der Waals surface area contributed by atoms with Gasteiger partial charge in [-0.2, -0.15) is 0 Å². The van der Waals surface area contributed by atoms with Gasteiger partial charge in [0.1, 0.15) is 0 Å². The lowest BCUT2D eigenvalue weighted by molar-refractivity contribution is 1.11. The third kappa shape index (κ3) is 0.987. The average Bonchev–Trinajstić information content (AvgIpc) is 2.67. The molecule has 0 fully saturated rings. The van der Waals surface area contributed by atoms with Gasteiger partial charge in [-0.3, -0.25) is 4.40 Å². The minimum atomic E-state index is 0.347. The highest BCUT2D eigenvalue weighted by Gasteiger charge is 2.12. The van der Waals surface area contributed by atoms with E-state index in [-0.39, 0.29) is 0 Å². The van der Waals surface area contributed by atoms with E-state index in [4.69, 9.17) is 23.2 Å². The average molecular weight is 244 g/mol. The summed E-state index contributed by atoms with van der Waals surface area (Å²) in [5, 5.41) is 8.72. The molecule has 0 unspecified atom stereocenters. The lowest BCUT2D eigenvalue weighted by Gasteiger charge is -1.93. The van der Waals surface area contributed by atoms with Gasteiger partial charge >= 0.3 is 0 Å². The molecular weight excluding hydrogens is 241 g/mol. The predicted molar refractivity (Wildman–Crippen MR) is 58.4 cm³/mol. The Morgan fingerprint density at radius 3 is 2.93 bits per heavy atom. The van der Waals surface area contributed by atoms with Gasteiger partial charge < -0.3 is 0 Å². The topological polar surface area (TPSA) is 30.2 Å². The summed E-state index contributed by atoms with van der Waals surface area (Å²) in [6, 6.07) is 5.71. The summed E-state index contributed by atoms with van der Waals surface area (Å²) >= 11 is 13.5. The van der Waals surface area contributed by atoms with Crippen LogP contribution in [0.15, 0.2) is 18.2 Å². The van der Waals surface area contributed by atoms with Crippen molar-refractivity contribution in [1.29, 1.82) is 0 Å². The molecule has 3 nitrogen and oxygen atoms in total. The van der Waals surface area contributed by atoms with Gasteiger partial charge in [0.15, 0.2) is 0 Å². The summed E-state index contributed by atoms with van der Waals surface area (Å²) in [4.78, 5) is 0.762. The van der Waals surface area contributed by atoms with E-state index in [1.54, 1.807) is 4.40 Å². The fourth-order valence-electron chi connectivity index (χ4n) is 1.40. The van der Waals surface area contributed by atoms with Gasteiger partial charge in [-0.1, -0.05) is 29.0 Å². The molecule has 0 bridgehead atoms. The molecule has 0 atom stereocenters. The van der Waals surface area contributed by atoms with Crippen molar-refractivity contribution in [2.24, 2.45) is 0 Å². The van der Waals surface area contributed by atoms with Crippen molar-refractivity contribution in [3.05, 3.63) is 28.5 Å². The van der Waals surface area contributed by atoms with Crippen molar-refractivity contribution >= 4 is 49.7 Å². The Hall–Kier alpha value is -0.840. The molecule has 0 aliphatic heterocycles. The summed E-state index contributed by atoms with van der Waals surface area (Å²) in [5.74, 6) is 0. The number of nitrogens with zero attached hydrogens (tertiary/aromatic N) is 3. The molecule has 0 radical (unpaired) electrons. The minimum absolute atomic E-state index is 0.347. The van der Waals surface area contributed by atoms with Gasteiger partial charge in [0, 0.05) is 0 Å². The Balaban J connectivity index is 2.68. The number of fused-ring (bicyclic) bond motifs is 3. The first-order valence-electron chi connectivity index (χ1n) is 3.85. The van der Waals surface area contributed by atoms with E-state index in [1.807, 2.05) is 18.2 Å². The molecule has 14 heavy (non-hydrogen) atoms. The quantitative estimate of drug-likeness (QED) is 0.607. The van der Waals surface area contributed by atoms with Crippen LogP contribution in [0.3, 0.4) is 0 Å². The van der Waals surface area contributed by atoms with Gasteiger partial charge in [-0.05, 0) is 23.7 Å². The number of halogens is 2. The minimum Gasteiger partial charge on any atom is -0.255 e. The van der Waals surface area contributed by atoms with E-state index in [1.165, 1.54) is 11.3 Å². The monoisotopic (exact) mass is 243 g/mol. The molecule has 0 aliphatic rings. The maximum atomic E-state index is 6.08. The van der Waals surface area contributed by atoms with Crippen LogP contribution < -0.4 is 0 Å². The van der Waals surface area contributed by atoms with E-state index in [0.717, 1.165) is 15.2 Å². The molecule has 2 aromatic heterocycles. The van der Waals surface area contributed by atoms with E-state index >= 15 is 0 Å². The summed E-state index contributed by atoms with van der Waals surface area (Å²) in [5.41, 5.74) is 0.879. The summed E-state index contributed by atoms with van der Waals surface area (Å²) < 4.78 is 2.81. The van der Waals surface area contributed by atoms with Gasteiger partial charge in [0.2, 0.25) is 10.2 Å². The van der Waals surface area contributed by atoms with Crippen molar-refractivity contribution in [1.82, 2.24) is 14.6 Å². The highest BCUT2D eigenvalue weighted by atomic mass is 35.5. The van der Waals surface area contributed by atoms with Gasteiger partial charge in [0.05, 0.1) is 15.2 Å². The summed E-state index contributed by atoms with van der Waals surface area (Å²) in [6.45, 7) is 0. The Labute approximate surface area is 92.9 Å². The molecule has 3 aromatic rings. The first kappa shape index (κ1) is 8.47. The molecule has 0 spiro atoms. The predicted octanol–water partition coefficient (Wildman–Crippen LogP) is 3.25. The normalized spacial score (nSPS) is 11.6. The number of para-hydroxylation sites is 1. The number of thiazole rings is 1. The highest BCUT2D eigenvalue weighted by Crippen LogP contribution is 2.32. The van der Waals surface area contributed by atoms with Crippen LogP contribution in [0.5, 0.6) is 0 Å². The van der Waals surface area contributed by atoms with E-state index in [2.05, 4.69) is 10.2 Å². The second-order valence-corrected chi connectivity index (χ2v) is 4.53. The second-order valence-electron chi connectivity index (χ2n) is 2.78. The molecule has 0 saturated heterocycles. The largest absolute Gasteiger partial charge is 0.255 e. The van der Waals surface area contributed by atoms with Crippen LogP contribution in [0, 0.1) is 0 Å². The molecule has 2 heterocycles. The number of rotatable bonds is 0. The zero-order valence-corrected chi connectivity index (χ0v) is 9.07. The van der Waals surface area contributed by atoms with Crippen molar-refractivity contribution in [3.63, 3.8) is 0 Å². The van der Waals surface area contributed by atoms with Gasteiger partial charge in [-0.15, -0.1) is 10.2 Å². The smallest absolute Gasteiger partial charge is 0.230 e. The molecule has 0 saturated carbocycles. The Kier molecular flexibility index (Phi) is 1.71. The molecular formula is C8H3Cl2N3S. The lowest BCUT2D eigenvalue weighted by Crippen LogP contribution is -1.80. The molecule has 70 valence electrons. The number of hydrogen-bond donors (Lipinski definition) is 0. The molecule has 0 aliphatic carbocycles. The molecule has 1 aromatic carbocycles. The van der Waals surface area contributed by atoms with Gasteiger partial charge in [0.25, 0.3) is 0 Å². The van der Waals surface area contributed by atoms with E-state index < -0.39 is 0 Å². The van der Waals surface area contributed by atoms with E-state index in [0.29, 0.717) is 10.3 Å². The summed E-state index contributed by atoms with van der Waals surface area (Å²) in [7, 11) is 0. The van der Waals surface area contributed by atoms with Crippen molar-refractivity contribution in [2.75, 3.05) is 0 Å². The second kappa shape index (κ2) is 2.82. The van der Waals surface area contributed by atoms with Crippen LogP contribution in [-0.2, 0) is 0 Å². The van der Waals surface area contributed by atoms with Crippen LogP contribution in [0.2, 0.25) is 10.3 Å². The van der Waals surface area contributed by atoms with Crippen LogP contribution in [-0.4, -0.2) is 14.6 Å². The molecule has 0 amide bonds. The highest BCUT2D eigenvalue weighted by molar-refractivity contribution is 7.23. The lowest BCUT2D eigenvalue weighted by atomic mass is 10.3. The van der Waals surface area contributed by atoms with Crippen molar-refractivity contribution in [2.45, 2.75) is 0 Å². The van der Waals surface area contributed by atoms with Gasteiger partial charge in [-0.25, -0.2) is 0 Å². The Morgan fingerprint density at radius 2 is 2.07 bits per heavy atom. The first-order chi connectivity index (χ1) is 6.77. The third-order valence-electron chi connectivity index (χ3n) is 1.97. The number of benzene rings is 1. The first-order valence-corrected chi connectivity index (χ1v) is 5.42.